The molecule has 0 atom stereocenters. The van der Waals surface area contributed by atoms with Crippen LogP contribution in [-0.2, 0) is 0 Å². The van der Waals surface area contributed by atoms with Crippen molar-refractivity contribution in [2.45, 2.75) is 0 Å². The van der Waals surface area contributed by atoms with Crippen LogP contribution >= 0.6 is 0 Å². The predicted octanol–water partition coefficient (Wildman–Crippen LogP) is 8.72. The van der Waals surface area contributed by atoms with Gasteiger partial charge in [-0.05, 0) is 59.7 Å². The Morgan fingerprint density at radius 3 is 1.71 bits per heavy atom. The molecular weight excluding hydrogens is 514 g/mol. The number of nitrogens with zero attached hydrogens (tertiary/aromatic N) is 4. The summed E-state index contributed by atoms with van der Waals surface area (Å²) >= 11 is 0. The zero-order valence-corrected chi connectivity index (χ0v) is 21.6. The van der Waals surface area contributed by atoms with Crippen molar-refractivity contribution in [1.29, 1.82) is 5.26 Å². The average molecular weight is 535 g/mol. The number of aromatic nitrogens is 3. The molecule has 194 valence electrons. The number of hydrogen-bond acceptors (Lipinski definition) is 3. The first kappa shape index (κ1) is 24.4. The third kappa shape index (κ3) is 4.40. The molecule has 0 fully saturated rings. The van der Waals surface area contributed by atoms with Gasteiger partial charge in [0.25, 0.3) is 0 Å². The van der Waals surface area contributed by atoms with Crippen LogP contribution in [0.1, 0.15) is 5.56 Å². The van der Waals surface area contributed by atoms with Crippen molar-refractivity contribution in [2.75, 3.05) is 0 Å². The number of nitriles is 1. The fourth-order valence-electron chi connectivity index (χ4n) is 5.20. The maximum Gasteiger partial charge on any atom is 0.162 e. The summed E-state index contributed by atoms with van der Waals surface area (Å²) in [6.07, 6.45) is 0. The van der Waals surface area contributed by atoms with Gasteiger partial charge in [0, 0.05) is 28.0 Å². The van der Waals surface area contributed by atoms with Gasteiger partial charge in [-0.3, -0.25) is 4.57 Å². The fourth-order valence-corrected chi connectivity index (χ4v) is 5.20. The van der Waals surface area contributed by atoms with Gasteiger partial charge in [0.2, 0.25) is 0 Å². The zero-order valence-electron chi connectivity index (χ0n) is 21.6. The standard InChI is InChI=1S/C35H20F2N4/c36-27-14-16-32-29(18-27)30-19-28(37)15-17-33(30)41(32)34-20-31(25-4-2-1-3-5-25)39-35(40-34)26-12-10-24(11-13-26)23-8-6-22(21-38)7-9-23/h1-20H. The van der Waals surface area contributed by atoms with E-state index in [4.69, 9.17) is 15.2 Å². The molecule has 0 aliphatic carbocycles. The van der Waals surface area contributed by atoms with Gasteiger partial charge in [0.1, 0.15) is 17.5 Å². The number of halogens is 2. The van der Waals surface area contributed by atoms with E-state index in [0.717, 1.165) is 27.9 Å². The molecule has 0 saturated carbocycles. The smallest absolute Gasteiger partial charge is 0.162 e. The van der Waals surface area contributed by atoms with Crippen LogP contribution in [0, 0.1) is 23.0 Å². The van der Waals surface area contributed by atoms with E-state index in [1.165, 1.54) is 24.3 Å². The monoisotopic (exact) mass is 534 g/mol. The molecule has 0 radical (unpaired) electrons. The molecule has 4 nitrogen and oxygen atoms in total. The van der Waals surface area contributed by atoms with Gasteiger partial charge in [0.05, 0.1) is 28.4 Å². The molecular formula is C35H20F2N4. The normalized spacial score (nSPS) is 11.1. The Balaban J connectivity index is 1.42. The molecule has 0 aliphatic rings. The van der Waals surface area contributed by atoms with Gasteiger partial charge in [-0.25, -0.2) is 18.7 Å². The lowest BCUT2D eigenvalue weighted by Crippen LogP contribution is -2.02. The molecule has 0 spiro atoms. The van der Waals surface area contributed by atoms with E-state index < -0.39 is 11.6 Å². The van der Waals surface area contributed by atoms with Gasteiger partial charge >= 0.3 is 0 Å². The van der Waals surface area contributed by atoms with Crippen molar-refractivity contribution in [3.05, 3.63) is 139 Å². The molecule has 5 aromatic carbocycles. The number of fused-ring (bicyclic) bond motifs is 3. The summed E-state index contributed by atoms with van der Waals surface area (Å²) in [6.45, 7) is 0. The van der Waals surface area contributed by atoms with Crippen LogP contribution in [0.3, 0.4) is 0 Å². The highest BCUT2D eigenvalue weighted by molar-refractivity contribution is 6.09. The second-order valence-corrected chi connectivity index (χ2v) is 9.73. The Kier molecular flexibility index (Phi) is 5.84. The number of hydrogen-bond donors (Lipinski definition) is 0. The first-order chi connectivity index (χ1) is 20.1. The van der Waals surface area contributed by atoms with Crippen LogP contribution in [0.2, 0.25) is 0 Å². The molecule has 6 heteroatoms. The molecule has 0 unspecified atom stereocenters. The molecule has 2 heterocycles. The minimum atomic E-state index is -0.392. The molecule has 0 saturated heterocycles. The molecule has 0 aliphatic heterocycles. The SMILES string of the molecule is N#Cc1ccc(-c2ccc(-c3nc(-c4ccccc4)cc(-n4c5ccc(F)cc5c5cc(F)ccc54)n3)cc2)cc1. The summed E-state index contributed by atoms with van der Waals surface area (Å²) in [5.74, 6) is 0.322. The van der Waals surface area contributed by atoms with Crippen LogP contribution in [0.15, 0.2) is 121 Å². The summed E-state index contributed by atoms with van der Waals surface area (Å²) < 4.78 is 30.5. The van der Waals surface area contributed by atoms with E-state index >= 15 is 0 Å². The maximum atomic E-state index is 14.3. The first-order valence-corrected chi connectivity index (χ1v) is 13.0. The molecule has 0 bridgehead atoms. The van der Waals surface area contributed by atoms with E-state index in [0.29, 0.717) is 39.0 Å². The molecule has 7 rings (SSSR count). The van der Waals surface area contributed by atoms with Crippen LogP contribution in [0.25, 0.3) is 61.4 Å². The van der Waals surface area contributed by atoms with Crippen molar-refractivity contribution in [1.82, 2.24) is 14.5 Å². The molecule has 0 N–H and O–H groups in total. The molecule has 41 heavy (non-hydrogen) atoms. The fraction of sp³-hybridized carbons (Fsp3) is 0. The van der Waals surface area contributed by atoms with E-state index in [-0.39, 0.29) is 0 Å². The van der Waals surface area contributed by atoms with Gasteiger partial charge in [-0.15, -0.1) is 0 Å². The molecule has 2 aromatic heterocycles. The van der Waals surface area contributed by atoms with Gasteiger partial charge in [-0.1, -0.05) is 66.7 Å². The average Bonchev–Trinajstić information content (AvgIpc) is 3.34. The molecule has 7 aromatic rings. The Hall–Kier alpha value is -5.67. The topological polar surface area (TPSA) is 54.5 Å². The Morgan fingerprint density at radius 2 is 1.12 bits per heavy atom. The summed E-state index contributed by atoms with van der Waals surface area (Å²) in [5.41, 5.74) is 6.51. The van der Waals surface area contributed by atoms with E-state index in [1.54, 1.807) is 24.3 Å². The van der Waals surface area contributed by atoms with Gasteiger partial charge in [-0.2, -0.15) is 5.26 Å². The summed E-state index contributed by atoms with van der Waals surface area (Å²) in [7, 11) is 0. The van der Waals surface area contributed by atoms with Crippen molar-refractivity contribution in [3.8, 4) is 45.7 Å². The van der Waals surface area contributed by atoms with Crippen molar-refractivity contribution >= 4 is 21.8 Å². The minimum absolute atomic E-state index is 0.392. The first-order valence-electron chi connectivity index (χ1n) is 13.0. The quantitative estimate of drug-likeness (QED) is 0.227. The minimum Gasteiger partial charge on any atom is -0.294 e. The van der Waals surface area contributed by atoms with Crippen molar-refractivity contribution in [3.63, 3.8) is 0 Å². The molecule has 0 amide bonds. The van der Waals surface area contributed by atoms with E-state index in [9.17, 15) is 8.78 Å². The summed E-state index contributed by atoms with van der Waals surface area (Å²) in [6, 6.07) is 38.3. The third-order valence-corrected chi connectivity index (χ3v) is 7.19. The lowest BCUT2D eigenvalue weighted by Gasteiger charge is -2.12. The Bertz CT molecular complexity index is 2050. The van der Waals surface area contributed by atoms with E-state index in [2.05, 4.69) is 6.07 Å². The summed E-state index contributed by atoms with van der Waals surface area (Å²) in [4.78, 5) is 9.89. The highest BCUT2D eigenvalue weighted by Gasteiger charge is 2.17. The lowest BCUT2D eigenvalue weighted by molar-refractivity contribution is 0.628. The lowest BCUT2D eigenvalue weighted by atomic mass is 10.0. The number of benzene rings is 5. The van der Waals surface area contributed by atoms with Crippen LogP contribution in [-0.4, -0.2) is 14.5 Å². The van der Waals surface area contributed by atoms with Crippen LogP contribution in [0.5, 0.6) is 0 Å². The second kappa shape index (κ2) is 9.82. The second-order valence-electron chi connectivity index (χ2n) is 9.73. The van der Waals surface area contributed by atoms with Crippen molar-refractivity contribution < 1.29 is 8.78 Å². The van der Waals surface area contributed by atoms with Gasteiger partial charge in [0.15, 0.2) is 5.82 Å². The van der Waals surface area contributed by atoms with Crippen molar-refractivity contribution in [2.24, 2.45) is 0 Å². The Labute approximate surface area is 234 Å². The third-order valence-electron chi connectivity index (χ3n) is 7.19. The largest absolute Gasteiger partial charge is 0.294 e. The zero-order chi connectivity index (χ0) is 27.9. The van der Waals surface area contributed by atoms with E-state index in [1.807, 2.05) is 77.4 Å². The Morgan fingerprint density at radius 1 is 0.561 bits per heavy atom. The van der Waals surface area contributed by atoms with Crippen LogP contribution in [0.4, 0.5) is 8.78 Å². The highest BCUT2D eigenvalue weighted by Crippen LogP contribution is 2.34. The highest BCUT2D eigenvalue weighted by atomic mass is 19.1. The predicted molar refractivity (Wildman–Crippen MR) is 157 cm³/mol. The maximum absolute atomic E-state index is 14.3. The number of rotatable bonds is 4. The van der Waals surface area contributed by atoms with Gasteiger partial charge < -0.3 is 0 Å². The van der Waals surface area contributed by atoms with Crippen LogP contribution < -0.4 is 0 Å². The summed E-state index contributed by atoms with van der Waals surface area (Å²) in [5, 5.41) is 10.3.